The van der Waals surface area contributed by atoms with Crippen LogP contribution < -0.4 is 11.1 Å². The number of pyridine rings is 1. The van der Waals surface area contributed by atoms with Crippen LogP contribution in [0.3, 0.4) is 0 Å². The van der Waals surface area contributed by atoms with Gasteiger partial charge < -0.3 is 15.8 Å². The van der Waals surface area contributed by atoms with Gasteiger partial charge in [0.1, 0.15) is 5.82 Å². The molecule has 88 valence electrons. The number of hydrogen-bond acceptors (Lipinski definition) is 5. The van der Waals surface area contributed by atoms with Crippen molar-refractivity contribution in [2.45, 2.75) is 19.8 Å². The molecule has 0 unspecified atom stereocenters. The molecule has 1 aromatic heterocycles. The van der Waals surface area contributed by atoms with Crippen LogP contribution in [0.4, 0.5) is 11.5 Å². The molecule has 1 heterocycles. The number of ether oxygens (including phenoxy) is 1. The van der Waals surface area contributed by atoms with Crippen LogP contribution in [0.2, 0.25) is 0 Å². The average molecular weight is 223 g/mol. The van der Waals surface area contributed by atoms with Gasteiger partial charge in [-0.25, -0.2) is 9.78 Å². The SMILES string of the molecule is CNc1nc(C(C)C)cc(C(=O)OC)c1N. The van der Waals surface area contributed by atoms with Crippen molar-refractivity contribution in [3.05, 3.63) is 17.3 Å². The number of hydrogen-bond donors (Lipinski definition) is 2. The molecule has 16 heavy (non-hydrogen) atoms. The highest BCUT2D eigenvalue weighted by Gasteiger charge is 2.17. The number of nitrogens with two attached hydrogens (primary N) is 1. The van der Waals surface area contributed by atoms with Crippen molar-refractivity contribution < 1.29 is 9.53 Å². The molecule has 0 atom stereocenters. The molecule has 0 aliphatic rings. The van der Waals surface area contributed by atoms with Crippen LogP contribution in [0.1, 0.15) is 35.8 Å². The Kier molecular flexibility index (Phi) is 3.71. The standard InChI is InChI=1S/C11H17N3O2/c1-6(2)8-5-7(11(15)16-4)9(12)10(13-3)14-8/h5-6H,12H2,1-4H3,(H,13,14). The molecule has 3 N–H and O–H groups in total. The Morgan fingerprint density at radius 3 is 2.62 bits per heavy atom. The normalized spacial score (nSPS) is 10.3. The Morgan fingerprint density at radius 2 is 2.19 bits per heavy atom. The van der Waals surface area contributed by atoms with Gasteiger partial charge in [0.25, 0.3) is 0 Å². The summed E-state index contributed by atoms with van der Waals surface area (Å²) in [6.07, 6.45) is 0. The molecule has 0 fully saturated rings. The lowest BCUT2D eigenvalue weighted by atomic mass is 10.1. The summed E-state index contributed by atoms with van der Waals surface area (Å²) in [7, 11) is 3.04. The van der Waals surface area contributed by atoms with E-state index < -0.39 is 5.97 Å². The summed E-state index contributed by atoms with van der Waals surface area (Å²) in [5.74, 6) is 0.279. The zero-order valence-corrected chi connectivity index (χ0v) is 10.00. The third-order valence-corrected chi connectivity index (χ3v) is 2.31. The summed E-state index contributed by atoms with van der Waals surface area (Å²) < 4.78 is 4.68. The molecule has 1 aromatic rings. The largest absolute Gasteiger partial charge is 0.465 e. The lowest BCUT2D eigenvalue weighted by molar-refractivity contribution is 0.0601. The lowest BCUT2D eigenvalue weighted by Gasteiger charge is -2.13. The number of methoxy groups -OCH3 is 1. The van der Waals surface area contributed by atoms with Crippen molar-refractivity contribution in [2.75, 3.05) is 25.2 Å². The van der Waals surface area contributed by atoms with Gasteiger partial charge in [0.05, 0.1) is 18.4 Å². The summed E-state index contributed by atoms with van der Waals surface area (Å²) in [4.78, 5) is 15.8. The maximum absolute atomic E-state index is 11.5. The molecular formula is C11H17N3O2. The minimum absolute atomic E-state index is 0.219. The molecule has 0 radical (unpaired) electrons. The molecule has 0 amide bonds. The fourth-order valence-corrected chi connectivity index (χ4v) is 1.34. The molecule has 1 rings (SSSR count). The predicted octanol–water partition coefficient (Wildman–Crippen LogP) is 1.62. The first-order chi connectivity index (χ1) is 7.51. The predicted molar refractivity (Wildman–Crippen MR) is 63.6 cm³/mol. The molecule has 0 bridgehead atoms. The van der Waals surface area contributed by atoms with E-state index in [2.05, 4.69) is 15.0 Å². The van der Waals surface area contributed by atoms with Gasteiger partial charge in [0.2, 0.25) is 0 Å². The zero-order chi connectivity index (χ0) is 12.3. The van der Waals surface area contributed by atoms with Gasteiger partial charge in [-0.3, -0.25) is 0 Å². The molecule has 0 saturated carbocycles. The fraction of sp³-hybridized carbons (Fsp3) is 0.455. The second kappa shape index (κ2) is 4.83. The van der Waals surface area contributed by atoms with Crippen LogP contribution in [-0.2, 0) is 4.74 Å². The molecule has 0 spiro atoms. The monoisotopic (exact) mass is 223 g/mol. The van der Waals surface area contributed by atoms with Gasteiger partial charge in [-0.2, -0.15) is 0 Å². The first kappa shape index (κ1) is 12.3. The van der Waals surface area contributed by atoms with Crippen LogP contribution in [-0.4, -0.2) is 25.1 Å². The smallest absolute Gasteiger partial charge is 0.340 e. The van der Waals surface area contributed by atoms with Crippen LogP contribution in [0.25, 0.3) is 0 Å². The van der Waals surface area contributed by atoms with Crippen molar-refractivity contribution in [1.29, 1.82) is 0 Å². The van der Waals surface area contributed by atoms with Crippen LogP contribution in [0.15, 0.2) is 6.07 Å². The zero-order valence-electron chi connectivity index (χ0n) is 10.00. The van der Waals surface area contributed by atoms with E-state index in [0.29, 0.717) is 17.1 Å². The Balaban J connectivity index is 3.35. The third kappa shape index (κ3) is 2.24. The third-order valence-electron chi connectivity index (χ3n) is 2.31. The summed E-state index contributed by atoms with van der Waals surface area (Å²) in [6, 6.07) is 1.67. The van der Waals surface area contributed by atoms with Crippen molar-refractivity contribution in [2.24, 2.45) is 0 Å². The van der Waals surface area contributed by atoms with E-state index >= 15 is 0 Å². The van der Waals surface area contributed by atoms with E-state index in [1.54, 1.807) is 13.1 Å². The number of rotatable bonds is 3. The molecule has 0 saturated heterocycles. The Morgan fingerprint density at radius 1 is 1.56 bits per heavy atom. The average Bonchev–Trinajstić information content (AvgIpc) is 2.28. The Hall–Kier alpha value is -1.78. The maximum atomic E-state index is 11.5. The van der Waals surface area contributed by atoms with Gasteiger partial charge >= 0.3 is 5.97 Å². The number of nitrogens with one attached hydrogen (secondary N) is 1. The van der Waals surface area contributed by atoms with Crippen LogP contribution in [0.5, 0.6) is 0 Å². The highest BCUT2D eigenvalue weighted by molar-refractivity contribution is 5.97. The molecule has 0 aliphatic carbocycles. The number of carbonyl (C=O) groups excluding carboxylic acids is 1. The first-order valence-corrected chi connectivity index (χ1v) is 5.07. The molecule has 5 heteroatoms. The number of nitrogens with zero attached hydrogens (tertiary/aromatic N) is 1. The molecule has 0 aliphatic heterocycles. The summed E-state index contributed by atoms with van der Waals surface area (Å²) in [6.45, 7) is 4.00. The molecule has 5 nitrogen and oxygen atoms in total. The highest BCUT2D eigenvalue weighted by Crippen LogP contribution is 2.25. The topological polar surface area (TPSA) is 77.2 Å². The summed E-state index contributed by atoms with van der Waals surface area (Å²) in [5.41, 5.74) is 7.29. The number of carbonyl (C=O) groups is 1. The number of esters is 1. The molecular weight excluding hydrogens is 206 g/mol. The van der Waals surface area contributed by atoms with Crippen molar-refractivity contribution in [3.63, 3.8) is 0 Å². The quantitative estimate of drug-likeness (QED) is 0.761. The number of anilines is 2. The van der Waals surface area contributed by atoms with E-state index in [4.69, 9.17) is 5.73 Å². The lowest BCUT2D eigenvalue weighted by Crippen LogP contribution is -2.11. The van der Waals surface area contributed by atoms with Gasteiger partial charge in [0.15, 0.2) is 0 Å². The van der Waals surface area contributed by atoms with Crippen LogP contribution >= 0.6 is 0 Å². The van der Waals surface area contributed by atoms with Gasteiger partial charge in [-0.05, 0) is 12.0 Å². The van der Waals surface area contributed by atoms with E-state index in [1.807, 2.05) is 13.8 Å². The van der Waals surface area contributed by atoms with Crippen molar-refractivity contribution in [1.82, 2.24) is 4.98 Å². The van der Waals surface area contributed by atoms with Gasteiger partial charge in [-0.15, -0.1) is 0 Å². The molecule has 0 aromatic carbocycles. The van der Waals surface area contributed by atoms with Gasteiger partial charge in [-0.1, -0.05) is 13.8 Å². The Labute approximate surface area is 95.0 Å². The minimum atomic E-state index is -0.446. The van der Waals surface area contributed by atoms with Crippen LogP contribution in [0, 0.1) is 0 Å². The summed E-state index contributed by atoms with van der Waals surface area (Å²) >= 11 is 0. The maximum Gasteiger partial charge on any atom is 0.340 e. The highest BCUT2D eigenvalue weighted by atomic mass is 16.5. The number of aromatic nitrogens is 1. The fourth-order valence-electron chi connectivity index (χ4n) is 1.34. The van der Waals surface area contributed by atoms with Crippen molar-refractivity contribution >= 4 is 17.5 Å². The van der Waals surface area contributed by atoms with E-state index in [9.17, 15) is 4.79 Å². The van der Waals surface area contributed by atoms with E-state index in [0.717, 1.165) is 5.69 Å². The van der Waals surface area contributed by atoms with Crippen molar-refractivity contribution in [3.8, 4) is 0 Å². The summed E-state index contributed by atoms with van der Waals surface area (Å²) in [5, 5.41) is 2.87. The Bertz CT molecular complexity index is 402. The number of nitrogen functional groups attached to an aromatic ring is 1. The van der Waals surface area contributed by atoms with Gasteiger partial charge in [0, 0.05) is 12.7 Å². The van der Waals surface area contributed by atoms with E-state index in [-0.39, 0.29) is 5.92 Å². The first-order valence-electron chi connectivity index (χ1n) is 5.07. The second-order valence-corrected chi connectivity index (χ2v) is 3.75. The minimum Gasteiger partial charge on any atom is -0.465 e. The second-order valence-electron chi connectivity index (χ2n) is 3.75. The van der Waals surface area contributed by atoms with E-state index in [1.165, 1.54) is 7.11 Å².